The number of rotatable bonds is 3. The lowest BCUT2D eigenvalue weighted by Gasteiger charge is -2.26. The Kier molecular flexibility index (Phi) is 4.28. The van der Waals surface area contributed by atoms with Crippen LogP contribution in [-0.2, 0) is 10.8 Å². The zero-order valence-corrected chi connectivity index (χ0v) is 11.7. The Morgan fingerprint density at radius 2 is 2.15 bits per heavy atom. The fourth-order valence-electron chi connectivity index (χ4n) is 1.93. The van der Waals surface area contributed by atoms with Gasteiger partial charge in [-0.25, -0.2) is 4.98 Å². The van der Waals surface area contributed by atoms with E-state index in [9.17, 15) is 19.1 Å². The van der Waals surface area contributed by atoms with Crippen molar-refractivity contribution in [2.75, 3.05) is 37.0 Å². The van der Waals surface area contributed by atoms with E-state index in [2.05, 4.69) is 10.3 Å². The van der Waals surface area contributed by atoms with Crippen molar-refractivity contribution >= 4 is 28.2 Å². The van der Waals surface area contributed by atoms with Gasteiger partial charge in [0.15, 0.2) is 0 Å². The third-order valence-corrected chi connectivity index (χ3v) is 4.29. The summed E-state index contributed by atoms with van der Waals surface area (Å²) in [4.78, 5) is 28.0. The first-order valence-corrected chi connectivity index (χ1v) is 7.48. The van der Waals surface area contributed by atoms with Crippen LogP contribution in [0, 0.1) is 10.1 Å². The number of hydrogen-bond donors (Lipinski definition) is 1. The van der Waals surface area contributed by atoms with E-state index in [1.165, 1.54) is 6.07 Å². The van der Waals surface area contributed by atoms with E-state index in [0.717, 1.165) is 6.20 Å². The molecule has 1 aromatic rings. The zero-order valence-electron chi connectivity index (χ0n) is 10.9. The van der Waals surface area contributed by atoms with Crippen molar-refractivity contribution in [2.45, 2.75) is 0 Å². The molecule has 1 fully saturated rings. The molecule has 8 nitrogen and oxygen atoms in total. The highest BCUT2D eigenvalue weighted by Crippen LogP contribution is 2.21. The Labute approximate surface area is 117 Å². The lowest BCUT2D eigenvalue weighted by Crippen LogP contribution is -2.42. The lowest BCUT2D eigenvalue weighted by atomic mass is 10.2. The van der Waals surface area contributed by atoms with Gasteiger partial charge in [0.2, 0.25) is 0 Å². The quantitative estimate of drug-likeness (QED) is 0.633. The number of aromatic nitrogens is 1. The fourth-order valence-corrected chi connectivity index (χ4v) is 2.98. The van der Waals surface area contributed by atoms with Crippen molar-refractivity contribution < 1.29 is 13.9 Å². The first-order valence-electron chi connectivity index (χ1n) is 5.99. The number of nitro groups is 1. The highest BCUT2D eigenvalue weighted by Gasteiger charge is 2.25. The molecule has 0 saturated carbocycles. The van der Waals surface area contributed by atoms with Gasteiger partial charge in [0.25, 0.3) is 11.6 Å². The van der Waals surface area contributed by atoms with Gasteiger partial charge in [-0.05, 0) is 0 Å². The number of nitrogens with zero attached hydrogens (tertiary/aromatic N) is 3. The van der Waals surface area contributed by atoms with Crippen LogP contribution in [0.2, 0.25) is 0 Å². The van der Waals surface area contributed by atoms with Gasteiger partial charge in [0, 0.05) is 48.5 Å². The molecule has 0 radical (unpaired) electrons. The summed E-state index contributed by atoms with van der Waals surface area (Å²) in [5.74, 6) is 0.834. The van der Waals surface area contributed by atoms with Crippen LogP contribution in [0.3, 0.4) is 0 Å². The van der Waals surface area contributed by atoms with E-state index in [1.807, 2.05) is 0 Å². The molecule has 20 heavy (non-hydrogen) atoms. The Hall–Kier alpha value is -2.03. The molecule has 0 spiro atoms. The summed E-state index contributed by atoms with van der Waals surface area (Å²) in [7, 11) is 0.707. The number of amides is 1. The van der Waals surface area contributed by atoms with Gasteiger partial charge in [-0.2, -0.15) is 0 Å². The summed E-state index contributed by atoms with van der Waals surface area (Å²) in [6.45, 7) is 0.772. The SMILES string of the molecule is CNc1ncc([N+](=O)[O-])cc1C(=O)N1CCS(=O)CC1. The molecule has 2 rings (SSSR count). The van der Waals surface area contributed by atoms with Crippen LogP contribution < -0.4 is 5.32 Å². The number of anilines is 1. The molecular weight excluding hydrogens is 284 g/mol. The van der Waals surface area contributed by atoms with Gasteiger partial charge in [-0.3, -0.25) is 19.1 Å². The van der Waals surface area contributed by atoms with E-state index in [1.54, 1.807) is 11.9 Å². The molecule has 0 atom stereocenters. The Morgan fingerprint density at radius 3 is 2.70 bits per heavy atom. The van der Waals surface area contributed by atoms with Crippen LogP contribution >= 0.6 is 0 Å². The molecule has 0 unspecified atom stereocenters. The summed E-state index contributed by atoms with van der Waals surface area (Å²) >= 11 is 0. The van der Waals surface area contributed by atoms with Crippen molar-refractivity contribution in [3.63, 3.8) is 0 Å². The predicted molar refractivity (Wildman–Crippen MR) is 74.2 cm³/mol. The minimum atomic E-state index is -0.886. The van der Waals surface area contributed by atoms with E-state index >= 15 is 0 Å². The molecule has 1 aliphatic heterocycles. The molecule has 1 aromatic heterocycles. The van der Waals surface area contributed by atoms with Gasteiger partial charge >= 0.3 is 0 Å². The third kappa shape index (κ3) is 2.93. The van der Waals surface area contributed by atoms with Gasteiger partial charge in [-0.1, -0.05) is 0 Å². The molecule has 0 bridgehead atoms. The first kappa shape index (κ1) is 14.4. The van der Waals surface area contributed by atoms with E-state index in [-0.39, 0.29) is 17.2 Å². The van der Waals surface area contributed by atoms with E-state index in [4.69, 9.17) is 0 Å². The highest BCUT2D eigenvalue weighted by atomic mass is 32.2. The normalized spacial score (nSPS) is 15.9. The van der Waals surface area contributed by atoms with E-state index < -0.39 is 15.7 Å². The second-order valence-electron chi connectivity index (χ2n) is 4.24. The summed E-state index contributed by atoms with van der Waals surface area (Å²) in [5, 5.41) is 13.5. The molecular formula is C11H14N4O4S. The largest absolute Gasteiger partial charge is 0.372 e. The van der Waals surface area contributed by atoms with Crippen LogP contribution in [-0.4, -0.2) is 56.6 Å². The molecule has 1 saturated heterocycles. The minimum absolute atomic E-state index is 0.161. The average molecular weight is 298 g/mol. The zero-order chi connectivity index (χ0) is 14.7. The van der Waals surface area contributed by atoms with Crippen LogP contribution in [0.1, 0.15) is 10.4 Å². The van der Waals surface area contributed by atoms with Crippen molar-refractivity contribution in [3.05, 3.63) is 27.9 Å². The summed E-state index contributed by atoms with van der Waals surface area (Å²) < 4.78 is 11.3. The van der Waals surface area contributed by atoms with Crippen molar-refractivity contribution in [2.24, 2.45) is 0 Å². The number of nitrogens with one attached hydrogen (secondary N) is 1. The van der Waals surface area contributed by atoms with Crippen LogP contribution in [0.15, 0.2) is 12.3 Å². The standard InChI is InChI=1S/C11H14N4O4S/c1-12-10-9(6-8(7-13-10)15(17)18)11(16)14-2-4-20(19)5-3-14/h6-7H,2-5H2,1H3,(H,12,13). The van der Waals surface area contributed by atoms with Crippen molar-refractivity contribution in [1.82, 2.24) is 9.88 Å². The summed E-state index contributed by atoms with van der Waals surface area (Å²) in [6.07, 6.45) is 1.11. The third-order valence-electron chi connectivity index (χ3n) is 3.02. The minimum Gasteiger partial charge on any atom is -0.372 e. The molecule has 1 N–H and O–H groups in total. The Morgan fingerprint density at radius 1 is 1.50 bits per heavy atom. The van der Waals surface area contributed by atoms with Gasteiger partial charge < -0.3 is 10.2 Å². The molecule has 9 heteroatoms. The molecule has 108 valence electrons. The van der Waals surface area contributed by atoms with Crippen LogP contribution in [0.4, 0.5) is 11.5 Å². The molecule has 1 amide bonds. The van der Waals surface area contributed by atoms with Crippen molar-refractivity contribution in [1.29, 1.82) is 0 Å². The number of pyridine rings is 1. The maximum atomic E-state index is 12.4. The molecule has 2 heterocycles. The van der Waals surface area contributed by atoms with Gasteiger partial charge in [0.1, 0.15) is 12.0 Å². The highest BCUT2D eigenvalue weighted by molar-refractivity contribution is 7.85. The molecule has 0 aliphatic carbocycles. The van der Waals surface area contributed by atoms with Gasteiger partial charge in [0.05, 0.1) is 10.5 Å². The summed E-state index contributed by atoms with van der Waals surface area (Å²) in [6, 6.07) is 1.22. The number of carbonyl (C=O) groups is 1. The maximum absolute atomic E-state index is 12.4. The fraction of sp³-hybridized carbons (Fsp3) is 0.455. The maximum Gasteiger partial charge on any atom is 0.288 e. The molecule has 1 aliphatic rings. The first-order chi connectivity index (χ1) is 9.52. The smallest absolute Gasteiger partial charge is 0.288 e. The lowest BCUT2D eigenvalue weighted by molar-refractivity contribution is -0.385. The predicted octanol–water partition coefficient (Wildman–Crippen LogP) is 0.236. The number of carbonyl (C=O) groups excluding carboxylic acids is 1. The second-order valence-corrected chi connectivity index (χ2v) is 5.93. The topological polar surface area (TPSA) is 105 Å². The van der Waals surface area contributed by atoms with Crippen LogP contribution in [0.5, 0.6) is 0 Å². The number of hydrogen-bond acceptors (Lipinski definition) is 6. The van der Waals surface area contributed by atoms with E-state index in [0.29, 0.717) is 30.4 Å². The van der Waals surface area contributed by atoms with Crippen molar-refractivity contribution in [3.8, 4) is 0 Å². The molecule has 0 aromatic carbocycles. The monoisotopic (exact) mass is 298 g/mol. The second kappa shape index (κ2) is 5.95. The van der Waals surface area contributed by atoms with Crippen LogP contribution in [0.25, 0.3) is 0 Å². The van der Waals surface area contributed by atoms with Gasteiger partial charge in [-0.15, -0.1) is 0 Å². The summed E-state index contributed by atoms with van der Waals surface area (Å²) in [5.41, 5.74) is -0.0673. The average Bonchev–Trinajstić information content (AvgIpc) is 2.46. The Balaban J connectivity index is 2.30. The Bertz CT molecular complexity index is 568.